The Kier molecular flexibility index (Phi) is 6.60. The molecule has 0 N–H and O–H groups in total. The summed E-state index contributed by atoms with van der Waals surface area (Å²) in [5.41, 5.74) is 0. The van der Waals surface area contributed by atoms with Crippen molar-refractivity contribution in [2.45, 2.75) is 39.3 Å². The molecular weight excluding hydrogens is 331 g/mol. The molecule has 0 aromatic heterocycles. The lowest BCUT2D eigenvalue weighted by Crippen LogP contribution is -2.56. The minimum Gasteiger partial charge on any atom is -0.489 e. The van der Waals surface area contributed by atoms with Gasteiger partial charge in [-0.05, 0) is 32.4 Å². The van der Waals surface area contributed by atoms with Gasteiger partial charge in [0.05, 0.1) is 5.75 Å². The van der Waals surface area contributed by atoms with E-state index in [-0.39, 0.29) is 24.2 Å². The molecule has 0 aliphatic carbocycles. The summed E-state index contributed by atoms with van der Waals surface area (Å²) in [7, 11) is -3.40. The van der Waals surface area contributed by atoms with E-state index in [1.54, 1.807) is 16.4 Å². The zero-order chi connectivity index (χ0) is 17.7. The highest BCUT2D eigenvalue weighted by atomic mass is 32.2. The maximum Gasteiger partial charge on any atom is 0.217 e. The van der Waals surface area contributed by atoms with Crippen molar-refractivity contribution in [2.24, 2.45) is 0 Å². The number of hydrogen-bond donors (Lipinski definition) is 0. The number of para-hydroxylation sites is 1. The van der Waals surface area contributed by atoms with E-state index in [0.29, 0.717) is 19.1 Å². The molecule has 1 fully saturated rings. The predicted octanol–water partition coefficient (Wildman–Crippen LogP) is 2.34. The Morgan fingerprint density at radius 1 is 1.29 bits per heavy atom. The number of hydrogen-bond acceptors (Lipinski definition) is 4. The number of benzene rings is 1. The molecule has 2 rings (SSSR count). The SMILES string of the molecule is CCC1CN(S(=O)(=O)CCOc2ccccc2F)CCN1C(C)C. The van der Waals surface area contributed by atoms with Gasteiger partial charge in [0.2, 0.25) is 10.0 Å². The maximum absolute atomic E-state index is 13.5. The Morgan fingerprint density at radius 2 is 2.00 bits per heavy atom. The minimum absolute atomic E-state index is 0.0511. The molecule has 1 saturated heterocycles. The standard InChI is InChI=1S/C17H27FN2O3S/c1-4-15-13-19(9-10-20(15)14(2)3)24(21,22)12-11-23-17-8-6-5-7-16(17)18/h5-8,14-15H,4,9-13H2,1-3H3. The summed E-state index contributed by atoms with van der Waals surface area (Å²) in [6, 6.07) is 6.66. The Labute approximate surface area is 144 Å². The van der Waals surface area contributed by atoms with Crippen molar-refractivity contribution < 1.29 is 17.5 Å². The third-order valence-corrected chi connectivity index (χ3v) is 6.26. The summed E-state index contributed by atoms with van der Waals surface area (Å²) >= 11 is 0. The van der Waals surface area contributed by atoms with E-state index in [1.807, 2.05) is 0 Å². The molecule has 1 heterocycles. The first-order valence-corrected chi connectivity index (χ1v) is 10.1. The fraction of sp³-hybridized carbons (Fsp3) is 0.647. The van der Waals surface area contributed by atoms with E-state index in [2.05, 4.69) is 25.7 Å². The quantitative estimate of drug-likeness (QED) is 0.751. The fourth-order valence-corrected chi connectivity index (χ4v) is 4.40. The van der Waals surface area contributed by atoms with Gasteiger partial charge in [-0.1, -0.05) is 19.1 Å². The van der Waals surface area contributed by atoms with Crippen LogP contribution >= 0.6 is 0 Å². The number of rotatable bonds is 7. The highest BCUT2D eigenvalue weighted by Crippen LogP contribution is 2.19. The molecule has 1 unspecified atom stereocenters. The third-order valence-electron chi connectivity index (χ3n) is 4.45. The van der Waals surface area contributed by atoms with Crippen LogP contribution in [-0.4, -0.2) is 61.7 Å². The molecule has 7 heteroatoms. The van der Waals surface area contributed by atoms with Crippen molar-refractivity contribution in [3.63, 3.8) is 0 Å². The van der Waals surface area contributed by atoms with Gasteiger partial charge in [-0.15, -0.1) is 0 Å². The number of ether oxygens (including phenoxy) is 1. The van der Waals surface area contributed by atoms with Crippen LogP contribution in [0.4, 0.5) is 4.39 Å². The molecule has 0 amide bonds. The molecule has 136 valence electrons. The van der Waals surface area contributed by atoms with Gasteiger partial charge in [0.25, 0.3) is 0 Å². The highest BCUT2D eigenvalue weighted by Gasteiger charge is 2.33. The molecule has 1 atom stereocenters. The van der Waals surface area contributed by atoms with Gasteiger partial charge in [-0.25, -0.2) is 12.8 Å². The van der Waals surface area contributed by atoms with Gasteiger partial charge in [0.15, 0.2) is 11.6 Å². The zero-order valence-corrected chi connectivity index (χ0v) is 15.4. The zero-order valence-electron chi connectivity index (χ0n) is 14.6. The summed E-state index contributed by atoms with van der Waals surface area (Å²) in [4.78, 5) is 2.35. The Hall–Kier alpha value is -1.18. The normalized spacial score (nSPS) is 20.5. The third kappa shape index (κ3) is 4.68. The monoisotopic (exact) mass is 358 g/mol. The van der Waals surface area contributed by atoms with Gasteiger partial charge in [0, 0.05) is 31.7 Å². The molecule has 1 aliphatic rings. The van der Waals surface area contributed by atoms with Crippen molar-refractivity contribution in [2.75, 3.05) is 32.0 Å². The smallest absolute Gasteiger partial charge is 0.217 e. The van der Waals surface area contributed by atoms with Gasteiger partial charge < -0.3 is 4.74 Å². The van der Waals surface area contributed by atoms with Crippen LogP contribution in [0.2, 0.25) is 0 Å². The molecule has 0 radical (unpaired) electrons. The number of nitrogens with zero attached hydrogens (tertiary/aromatic N) is 2. The lowest BCUT2D eigenvalue weighted by molar-refractivity contribution is 0.0849. The second-order valence-electron chi connectivity index (χ2n) is 6.35. The fourth-order valence-electron chi connectivity index (χ4n) is 3.08. The Morgan fingerprint density at radius 3 is 2.62 bits per heavy atom. The van der Waals surface area contributed by atoms with Crippen molar-refractivity contribution in [1.82, 2.24) is 9.21 Å². The molecule has 1 aromatic carbocycles. The number of sulfonamides is 1. The van der Waals surface area contributed by atoms with Crippen molar-refractivity contribution >= 4 is 10.0 Å². The van der Waals surface area contributed by atoms with E-state index in [9.17, 15) is 12.8 Å². The average Bonchev–Trinajstić information content (AvgIpc) is 2.55. The molecule has 0 bridgehead atoms. The largest absolute Gasteiger partial charge is 0.489 e. The Bertz CT molecular complexity index is 636. The van der Waals surface area contributed by atoms with Crippen LogP contribution in [0, 0.1) is 5.82 Å². The molecule has 1 aromatic rings. The second-order valence-corrected chi connectivity index (χ2v) is 8.44. The van der Waals surface area contributed by atoms with Crippen LogP contribution in [0.5, 0.6) is 5.75 Å². The van der Waals surface area contributed by atoms with E-state index < -0.39 is 15.8 Å². The molecule has 24 heavy (non-hydrogen) atoms. The average molecular weight is 358 g/mol. The molecule has 0 saturated carbocycles. The van der Waals surface area contributed by atoms with Crippen LogP contribution in [0.3, 0.4) is 0 Å². The summed E-state index contributed by atoms with van der Waals surface area (Å²) in [6.07, 6.45) is 0.913. The number of halogens is 1. The predicted molar refractivity (Wildman–Crippen MR) is 93.2 cm³/mol. The van der Waals surface area contributed by atoms with Crippen LogP contribution < -0.4 is 4.74 Å². The first-order valence-electron chi connectivity index (χ1n) is 8.46. The minimum atomic E-state index is -3.40. The second kappa shape index (κ2) is 8.27. The van der Waals surface area contributed by atoms with Gasteiger partial charge >= 0.3 is 0 Å². The lowest BCUT2D eigenvalue weighted by atomic mass is 10.1. The highest BCUT2D eigenvalue weighted by molar-refractivity contribution is 7.89. The maximum atomic E-state index is 13.5. The summed E-state index contributed by atoms with van der Waals surface area (Å²) in [5, 5.41) is 0. The van der Waals surface area contributed by atoms with E-state index in [4.69, 9.17) is 4.74 Å². The van der Waals surface area contributed by atoms with Crippen molar-refractivity contribution in [3.05, 3.63) is 30.1 Å². The van der Waals surface area contributed by atoms with E-state index >= 15 is 0 Å². The van der Waals surface area contributed by atoms with Crippen molar-refractivity contribution in [3.8, 4) is 5.75 Å². The van der Waals surface area contributed by atoms with Crippen molar-refractivity contribution in [1.29, 1.82) is 0 Å². The van der Waals surface area contributed by atoms with Crippen LogP contribution in [0.15, 0.2) is 24.3 Å². The Balaban J connectivity index is 1.92. The first kappa shape index (κ1) is 19.1. The summed E-state index contributed by atoms with van der Waals surface area (Å²) in [6.45, 7) is 8.04. The van der Waals surface area contributed by atoms with Gasteiger partial charge in [-0.2, -0.15) is 4.31 Å². The van der Waals surface area contributed by atoms with E-state index in [0.717, 1.165) is 13.0 Å². The topological polar surface area (TPSA) is 49.9 Å². The summed E-state index contributed by atoms with van der Waals surface area (Å²) in [5.74, 6) is -0.533. The van der Waals surface area contributed by atoms with Gasteiger partial charge in [-0.3, -0.25) is 4.90 Å². The van der Waals surface area contributed by atoms with Crippen LogP contribution in [0.1, 0.15) is 27.2 Å². The summed E-state index contributed by atoms with van der Waals surface area (Å²) < 4.78 is 45.4. The van der Waals surface area contributed by atoms with Crippen LogP contribution in [0.25, 0.3) is 0 Å². The molecule has 5 nitrogen and oxygen atoms in total. The van der Waals surface area contributed by atoms with Gasteiger partial charge in [0.1, 0.15) is 6.61 Å². The lowest BCUT2D eigenvalue weighted by Gasteiger charge is -2.42. The molecule has 1 aliphatic heterocycles. The molecular formula is C17H27FN2O3S. The van der Waals surface area contributed by atoms with E-state index in [1.165, 1.54) is 12.1 Å². The van der Waals surface area contributed by atoms with Crippen LogP contribution in [-0.2, 0) is 10.0 Å². The number of piperazine rings is 1. The molecule has 0 spiro atoms. The first-order chi connectivity index (χ1) is 11.3.